The lowest BCUT2D eigenvalue weighted by molar-refractivity contribution is 0.105. The minimum absolute atomic E-state index is 0.259. The Morgan fingerprint density at radius 1 is 1.14 bits per heavy atom. The number of ether oxygens (including phenoxy) is 3. The lowest BCUT2D eigenvalue weighted by Gasteiger charge is -2.19. The molecule has 28 heavy (non-hydrogen) atoms. The zero-order valence-corrected chi connectivity index (χ0v) is 17.4. The van der Waals surface area contributed by atoms with Crippen molar-refractivity contribution in [1.82, 2.24) is 5.32 Å². The molecule has 0 fully saturated rings. The molecule has 0 bridgehead atoms. The molecule has 6 heteroatoms. The van der Waals surface area contributed by atoms with Gasteiger partial charge in [0.05, 0.1) is 7.11 Å². The smallest absolute Gasteiger partial charge is 0.162 e. The largest absolute Gasteiger partial charge is 0.493 e. The van der Waals surface area contributed by atoms with Crippen LogP contribution >= 0.6 is 11.8 Å². The maximum Gasteiger partial charge on any atom is 0.162 e. The van der Waals surface area contributed by atoms with Gasteiger partial charge in [-0.15, -0.1) is 11.8 Å². The number of fused-ring (bicyclic) bond motifs is 1. The van der Waals surface area contributed by atoms with Gasteiger partial charge >= 0.3 is 0 Å². The predicted molar refractivity (Wildman–Crippen MR) is 113 cm³/mol. The van der Waals surface area contributed by atoms with Crippen LogP contribution in [-0.4, -0.2) is 50.4 Å². The highest BCUT2D eigenvalue weighted by atomic mass is 32.2. The SMILES string of the molecule is COc1cc2c(cc1OCCNCC(O)COc1ccccc1C)SCCC2. The minimum atomic E-state index is -0.575. The van der Waals surface area contributed by atoms with Crippen LogP contribution in [0.5, 0.6) is 17.2 Å². The Hall–Kier alpha value is -1.89. The third-order valence-corrected chi connectivity index (χ3v) is 5.82. The second-order valence-corrected chi connectivity index (χ2v) is 7.98. The first kappa shape index (κ1) is 20.8. The molecule has 1 aliphatic heterocycles. The van der Waals surface area contributed by atoms with Crippen LogP contribution in [0.4, 0.5) is 0 Å². The summed E-state index contributed by atoms with van der Waals surface area (Å²) < 4.78 is 17.1. The molecule has 1 aliphatic rings. The summed E-state index contributed by atoms with van der Waals surface area (Å²) in [6, 6.07) is 12.0. The van der Waals surface area contributed by atoms with Crippen molar-refractivity contribution in [3.8, 4) is 17.2 Å². The van der Waals surface area contributed by atoms with E-state index in [1.165, 1.54) is 16.9 Å². The van der Waals surface area contributed by atoms with E-state index in [-0.39, 0.29) is 6.61 Å². The molecule has 1 unspecified atom stereocenters. The first-order valence-electron chi connectivity index (χ1n) is 9.71. The van der Waals surface area contributed by atoms with Crippen LogP contribution in [0.3, 0.4) is 0 Å². The van der Waals surface area contributed by atoms with E-state index in [0.29, 0.717) is 19.7 Å². The number of hydrogen-bond donors (Lipinski definition) is 2. The van der Waals surface area contributed by atoms with Crippen molar-refractivity contribution in [1.29, 1.82) is 0 Å². The molecule has 0 saturated heterocycles. The number of benzene rings is 2. The molecule has 152 valence electrons. The highest BCUT2D eigenvalue weighted by molar-refractivity contribution is 7.99. The second-order valence-electron chi connectivity index (χ2n) is 6.85. The molecule has 0 aliphatic carbocycles. The Bertz CT molecular complexity index is 768. The maximum absolute atomic E-state index is 10.1. The average molecular weight is 404 g/mol. The first-order chi connectivity index (χ1) is 13.7. The molecule has 0 saturated carbocycles. The molecule has 0 aromatic heterocycles. The van der Waals surface area contributed by atoms with Crippen molar-refractivity contribution in [3.63, 3.8) is 0 Å². The van der Waals surface area contributed by atoms with Gasteiger partial charge < -0.3 is 24.6 Å². The summed E-state index contributed by atoms with van der Waals surface area (Å²) in [5.74, 6) is 3.53. The summed E-state index contributed by atoms with van der Waals surface area (Å²) in [5.41, 5.74) is 2.41. The maximum atomic E-state index is 10.1. The van der Waals surface area contributed by atoms with Crippen LogP contribution in [0.25, 0.3) is 0 Å². The topological polar surface area (TPSA) is 60.0 Å². The number of aliphatic hydroxyl groups is 1. The molecule has 0 radical (unpaired) electrons. The van der Waals surface area contributed by atoms with E-state index < -0.39 is 6.10 Å². The summed E-state index contributed by atoms with van der Waals surface area (Å²) in [6.07, 6.45) is 1.73. The molecule has 1 atom stereocenters. The van der Waals surface area contributed by atoms with Crippen LogP contribution in [0.1, 0.15) is 17.5 Å². The van der Waals surface area contributed by atoms with Gasteiger partial charge in [-0.2, -0.15) is 0 Å². The first-order valence-corrected chi connectivity index (χ1v) is 10.7. The number of methoxy groups -OCH3 is 1. The van der Waals surface area contributed by atoms with Crippen LogP contribution in [0.2, 0.25) is 0 Å². The molecule has 3 rings (SSSR count). The minimum Gasteiger partial charge on any atom is -0.493 e. The Morgan fingerprint density at radius 3 is 2.82 bits per heavy atom. The average Bonchev–Trinajstić information content (AvgIpc) is 2.72. The summed E-state index contributed by atoms with van der Waals surface area (Å²) in [4.78, 5) is 1.29. The lowest BCUT2D eigenvalue weighted by Crippen LogP contribution is -2.33. The monoisotopic (exact) mass is 403 g/mol. The van der Waals surface area contributed by atoms with E-state index in [0.717, 1.165) is 35.0 Å². The Morgan fingerprint density at radius 2 is 2.00 bits per heavy atom. The third-order valence-electron chi connectivity index (χ3n) is 4.64. The molecule has 0 spiro atoms. The zero-order valence-electron chi connectivity index (χ0n) is 16.6. The Kier molecular flexibility index (Phi) is 7.89. The van der Waals surface area contributed by atoms with E-state index in [9.17, 15) is 5.11 Å². The predicted octanol–water partition coefficient (Wildman–Crippen LogP) is 3.45. The van der Waals surface area contributed by atoms with E-state index in [2.05, 4.69) is 17.4 Å². The number of aliphatic hydroxyl groups excluding tert-OH is 1. The zero-order chi connectivity index (χ0) is 19.8. The number of hydrogen-bond acceptors (Lipinski definition) is 6. The van der Waals surface area contributed by atoms with Crippen LogP contribution in [-0.2, 0) is 6.42 Å². The summed E-state index contributed by atoms with van der Waals surface area (Å²) in [6.45, 7) is 3.84. The van der Waals surface area contributed by atoms with Crippen molar-refractivity contribution in [3.05, 3.63) is 47.5 Å². The van der Waals surface area contributed by atoms with Crippen molar-refractivity contribution in [2.75, 3.05) is 39.2 Å². The molecular weight excluding hydrogens is 374 g/mol. The van der Waals surface area contributed by atoms with Gasteiger partial charge in [0.1, 0.15) is 25.1 Å². The van der Waals surface area contributed by atoms with Crippen molar-refractivity contribution < 1.29 is 19.3 Å². The molecule has 5 nitrogen and oxygen atoms in total. The normalized spacial score (nSPS) is 14.2. The van der Waals surface area contributed by atoms with Gasteiger partial charge in [-0.3, -0.25) is 0 Å². The van der Waals surface area contributed by atoms with Gasteiger partial charge in [-0.25, -0.2) is 0 Å². The molecule has 2 aromatic rings. The van der Waals surface area contributed by atoms with E-state index in [1.54, 1.807) is 7.11 Å². The summed E-state index contributed by atoms with van der Waals surface area (Å²) in [7, 11) is 1.67. The molecular formula is C22H29NO4S. The van der Waals surface area contributed by atoms with Gasteiger partial charge in [0, 0.05) is 18.0 Å². The fourth-order valence-corrected chi connectivity index (χ4v) is 4.14. The molecule has 2 aromatic carbocycles. The molecule has 0 amide bonds. The van der Waals surface area contributed by atoms with Gasteiger partial charge in [0.2, 0.25) is 0 Å². The van der Waals surface area contributed by atoms with Crippen molar-refractivity contribution in [2.24, 2.45) is 0 Å². The lowest BCUT2D eigenvalue weighted by atomic mass is 10.1. The number of para-hydroxylation sites is 1. The van der Waals surface area contributed by atoms with Gasteiger partial charge in [0.15, 0.2) is 11.5 Å². The molecule has 1 heterocycles. The third kappa shape index (κ3) is 5.80. The fraction of sp³-hybridized carbons (Fsp3) is 0.455. The Labute approximate surface area is 171 Å². The highest BCUT2D eigenvalue weighted by Gasteiger charge is 2.15. The van der Waals surface area contributed by atoms with Gasteiger partial charge in [-0.05, 0) is 54.8 Å². The number of nitrogens with one attached hydrogen (secondary N) is 1. The number of aryl methyl sites for hydroxylation is 2. The number of rotatable bonds is 10. The molecule has 2 N–H and O–H groups in total. The van der Waals surface area contributed by atoms with Gasteiger partial charge in [-0.1, -0.05) is 18.2 Å². The Balaban J connectivity index is 1.38. The fourth-order valence-electron chi connectivity index (χ4n) is 3.10. The quantitative estimate of drug-likeness (QED) is 0.593. The van der Waals surface area contributed by atoms with E-state index in [4.69, 9.17) is 14.2 Å². The summed E-state index contributed by atoms with van der Waals surface area (Å²) in [5, 5.41) is 13.3. The van der Waals surface area contributed by atoms with Crippen molar-refractivity contribution >= 4 is 11.8 Å². The van der Waals surface area contributed by atoms with Crippen LogP contribution in [0, 0.1) is 6.92 Å². The van der Waals surface area contributed by atoms with Crippen LogP contribution < -0.4 is 19.5 Å². The highest BCUT2D eigenvalue weighted by Crippen LogP contribution is 2.38. The van der Waals surface area contributed by atoms with E-state index in [1.807, 2.05) is 43.0 Å². The standard InChI is InChI=1S/C22H29NO4S/c1-16-6-3-4-8-19(16)27-15-18(24)14-23-9-10-26-21-13-22-17(7-5-11-28-22)12-20(21)25-2/h3-4,6,8,12-13,18,23-24H,5,7,9-11,14-15H2,1-2H3. The second kappa shape index (κ2) is 10.6. The van der Waals surface area contributed by atoms with E-state index >= 15 is 0 Å². The van der Waals surface area contributed by atoms with Gasteiger partial charge in [0.25, 0.3) is 0 Å². The van der Waals surface area contributed by atoms with Crippen LogP contribution in [0.15, 0.2) is 41.3 Å². The number of thioether (sulfide) groups is 1. The summed E-state index contributed by atoms with van der Waals surface area (Å²) >= 11 is 1.88. The van der Waals surface area contributed by atoms with Crippen molar-refractivity contribution in [2.45, 2.75) is 30.8 Å².